The van der Waals surface area contributed by atoms with Crippen LogP contribution in [0.5, 0.6) is 0 Å². The molecule has 0 aliphatic carbocycles. The minimum absolute atomic E-state index is 0.0311. The van der Waals surface area contributed by atoms with E-state index in [-0.39, 0.29) is 17.2 Å². The molecule has 3 aromatic carbocycles. The van der Waals surface area contributed by atoms with Gasteiger partial charge in [0.15, 0.2) is 0 Å². The van der Waals surface area contributed by atoms with Crippen molar-refractivity contribution in [1.82, 2.24) is 0 Å². The Morgan fingerprint density at radius 3 is 2.14 bits per heavy atom. The molecule has 140 valence electrons. The third-order valence-corrected chi connectivity index (χ3v) is 4.18. The Balaban J connectivity index is 1.74. The monoisotopic (exact) mass is 375 g/mol. The summed E-state index contributed by atoms with van der Waals surface area (Å²) in [5.74, 6) is -0.782. The first-order chi connectivity index (χ1) is 13.5. The van der Waals surface area contributed by atoms with Crippen molar-refractivity contribution in [2.24, 2.45) is 0 Å². The molecule has 2 amide bonds. The summed E-state index contributed by atoms with van der Waals surface area (Å²) >= 11 is 0. The molecule has 0 aliphatic heterocycles. The lowest BCUT2D eigenvalue weighted by Gasteiger charge is -2.17. The average molecular weight is 375 g/mol. The molecule has 0 saturated heterocycles. The van der Waals surface area contributed by atoms with Crippen LogP contribution < -0.4 is 10.2 Å². The van der Waals surface area contributed by atoms with Crippen LogP contribution in [0.25, 0.3) is 0 Å². The smallest absolute Gasteiger partial charge is 0.282 e. The molecule has 0 unspecified atom stereocenters. The number of para-hydroxylation sites is 2. The number of amides is 2. The number of nitro benzene ring substituents is 1. The van der Waals surface area contributed by atoms with Crippen LogP contribution in [-0.2, 0) is 0 Å². The van der Waals surface area contributed by atoms with E-state index in [9.17, 15) is 19.7 Å². The molecule has 3 aromatic rings. The lowest BCUT2D eigenvalue weighted by atomic mass is 10.1. The van der Waals surface area contributed by atoms with Crippen molar-refractivity contribution in [1.29, 1.82) is 0 Å². The summed E-state index contributed by atoms with van der Waals surface area (Å²) in [5.41, 5.74) is 1.35. The molecule has 28 heavy (non-hydrogen) atoms. The summed E-state index contributed by atoms with van der Waals surface area (Å²) in [6, 6.07) is 21.3. The van der Waals surface area contributed by atoms with Gasteiger partial charge in [0, 0.05) is 30.1 Å². The number of nitro groups is 1. The van der Waals surface area contributed by atoms with Crippen molar-refractivity contribution in [3.8, 4) is 0 Å². The topological polar surface area (TPSA) is 92.6 Å². The molecule has 0 spiro atoms. The van der Waals surface area contributed by atoms with Gasteiger partial charge in [-0.3, -0.25) is 19.7 Å². The number of hydrogen-bond acceptors (Lipinski definition) is 4. The normalized spacial score (nSPS) is 10.2. The van der Waals surface area contributed by atoms with E-state index in [1.807, 2.05) is 30.3 Å². The third-order valence-electron chi connectivity index (χ3n) is 4.18. The maximum absolute atomic E-state index is 12.6. The van der Waals surface area contributed by atoms with Crippen LogP contribution in [0.1, 0.15) is 20.7 Å². The second-order valence-corrected chi connectivity index (χ2v) is 6.01. The Labute approximate surface area is 161 Å². The standard InChI is InChI=1S/C21H17N3O4/c1-23(17-7-3-2-4-8-17)21(26)15-11-13-16(14-12-15)22-20(25)18-9-5-6-10-19(18)24(27)28/h2-14H,1H3,(H,22,25). The highest BCUT2D eigenvalue weighted by atomic mass is 16.6. The largest absolute Gasteiger partial charge is 0.322 e. The molecule has 0 fully saturated rings. The predicted molar refractivity (Wildman–Crippen MR) is 107 cm³/mol. The molecule has 7 nitrogen and oxygen atoms in total. The number of anilines is 2. The Morgan fingerprint density at radius 1 is 0.893 bits per heavy atom. The van der Waals surface area contributed by atoms with Crippen molar-refractivity contribution in [2.45, 2.75) is 0 Å². The first kappa shape index (κ1) is 18.8. The van der Waals surface area contributed by atoms with E-state index in [2.05, 4.69) is 5.32 Å². The quantitative estimate of drug-likeness (QED) is 0.536. The Morgan fingerprint density at radius 2 is 1.50 bits per heavy atom. The van der Waals surface area contributed by atoms with Crippen molar-refractivity contribution in [3.63, 3.8) is 0 Å². The number of carbonyl (C=O) groups excluding carboxylic acids is 2. The second kappa shape index (κ2) is 8.13. The molecular weight excluding hydrogens is 358 g/mol. The molecule has 0 saturated carbocycles. The summed E-state index contributed by atoms with van der Waals surface area (Å²) in [6.07, 6.45) is 0. The first-order valence-corrected chi connectivity index (χ1v) is 8.45. The van der Waals surface area contributed by atoms with Crippen LogP contribution >= 0.6 is 0 Å². The summed E-state index contributed by atoms with van der Waals surface area (Å²) in [5, 5.41) is 13.7. The zero-order valence-corrected chi connectivity index (χ0v) is 15.0. The van der Waals surface area contributed by atoms with Crippen LogP contribution in [0.2, 0.25) is 0 Å². The van der Waals surface area contributed by atoms with E-state index in [1.165, 1.54) is 23.1 Å². The molecule has 3 rings (SSSR count). The molecular formula is C21H17N3O4. The molecule has 7 heteroatoms. The fourth-order valence-corrected chi connectivity index (χ4v) is 2.68. The molecule has 0 aromatic heterocycles. The molecule has 0 atom stereocenters. The Kier molecular flexibility index (Phi) is 5.45. The Hall–Kier alpha value is -4.00. The molecule has 0 aliphatic rings. The van der Waals surface area contributed by atoms with Crippen molar-refractivity contribution >= 4 is 28.9 Å². The fraction of sp³-hybridized carbons (Fsp3) is 0.0476. The van der Waals surface area contributed by atoms with Gasteiger partial charge >= 0.3 is 0 Å². The van der Waals surface area contributed by atoms with E-state index < -0.39 is 10.8 Å². The van der Waals surface area contributed by atoms with E-state index in [4.69, 9.17) is 0 Å². The SMILES string of the molecule is CN(C(=O)c1ccc(NC(=O)c2ccccc2[N+](=O)[O-])cc1)c1ccccc1. The fourth-order valence-electron chi connectivity index (χ4n) is 2.68. The highest BCUT2D eigenvalue weighted by Crippen LogP contribution is 2.20. The second-order valence-electron chi connectivity index (χ2n) is 6.01. The maximum Gasteiger partial charge on any atom is 0.282 e. The van der Waals surface area contributed by atoms with Crippen molar-refractivity contribution in [3.05, 3.63) is 100 Å². The van der Waals surface area contributed by atoms with Crippen LogP contribution in [0.3, 0.4) is 0 Å². The van der Waals surface area contributed by atoms with Crippen LogP contribution in [0, 0.1) is 10.1 Å². The first-order valence-electron chi connectivity index (χ1n) is 8.45. The number of hydrogen-bond donors (Lipinski definition) is 1. The van der Waals surface area contributed by atoms with E-state index in [1.54, 1.807) is 37.4 Å². The number of carbonyl (C=O) groups is 2. The Bertz CT molecular complexity index is 1020. The van der Waals surface area contributed by atoms with Gasteiger partial charge in [0.1, 0.15) is 5.56 Å². The van der Waals surface area contributed by atoms with Crippen molar-refractivity contribution in [2.75, 3.05) is 17.3 Å². The van der Waals surface area contributed by atoms with Crippen molar-refractivity contribution < 1.29 is 14.5 Å². The van der Waals surface area contributed by atoms with Gasteiger partial charge in [0.2, 0.25) is 0 Å². The highest BCUT2D eigenvalue weighted by Gasteiger charge is 2.19. The molecule has 0 radical (unpaired) electrons. The van der Waals surface area contributed by atoms with Gasteiger partial charge in [-0.2, -0.15) is 0 Å². The van der Waals surface area contributed by atoms with Crippen LogP contribution in [-0.4, -0.2) is 23.8 Å². The molecule has 1 N–H and O–H groups in total. The summed E-state index contributed by atoms with van der Waals surface area (Å²) in [6.45, 7) is 0. The lowest BCUT2D eigenvalue weighted by Crippen LogP contribution is -2.26. The maximum atomic E-state index is 12.6. The lowest BCUT2D eigenvalue weighted by molar-refractivity contribution is -0.385. The number of benzene rings is 3. The van der Waals surface area contributed by atoms with Gasteiger partial charge in [-0.1, -0.05) is 30.3 Å². The molecule has 0 heterocycles. The minimum Gasteiger partial charge on any atom is -0.322 e. The summed E-state index contributed by atoms with van der Waals surface area (Å²) in [4.78, 5) is 36.9. The van der Waals surface area contributed by atoms with Crippen LogP contribution in [0.15, 0.2) is 78.9 Å². The van der Waals surface area contributed by atoms with E-state index >= 15 is 0 Å². The highest BCUT2D eigenvalue weighted by molar-refractivity contribution is 6.08. The summed E-state index contributed by atoms with van der Waals surface area (Å²) < 4.78 is 0. The van der Waals surface area contributed by atoms with E-state index in [0.717, 1.165) is 5.69 Å². The predicted octanol–water partition coefficient (Wildman–Crippen LogP) is 4.12. The zero-order chi connectivity index (χ0) is 20.1. The zero-order valence-electron chi connectivity index (χ0n) is 15.0. The van der Waals surface area contributed by atoms with Gasteiger partial charge in [0.25, 0.3) is 17.5 Å². The minimum atomic E-state index is -0.601. The van der Waals surface area contributed by atoms with Gasteiger partial charge < -0.3 is 10.2 Å². The van der Waals surface area contributed by atoms with Crippen LogP contribution in [0.4, 0.5) is 17.1 Å². The van der Waals surface area contributed by atoms with Gasteiger partial charge in [-0.15, -0.1) is 0 Å². The van der Waals surface area contributed by atoms with Gasteiger partial charge in [-0.25, -0.2) is 0 Å². The van der Waals surface area contributed by atoms with E-state index in [0.29, 0.717) is 11.3 Å². The molecule has 0 bridgehead atoms. The summed E-state index contributed by atoms with van der Waals surface area (Å²) in [7, 11) is 1.68. The number of nitrogens with zero attached hydrogens (tertiary/aromatic N) is 2. The van der Waals surface area contributed by atoms with Gasteiger partial charge in [-0.05, 0) is 42.5 Å². The number of rotatable bonds is 5. The number of nitrogens with one attached hydrogen (secondary N) is 1. The van der Waals surface area contributed by atoms with Gasteiger partial charge in [0.05, 0.1) is 4.92 Å². The third kappa shape index (κ3) is 4.04. The average Bonchev–Trinajstić information content (AvgIpc) is 2.73.